The van der Waals surface area contributed by atoms with Crippen molar-refractivity contribution in [2.24, 2.45) is 0 Å². The SMILES string of the molecule is C=CC(=O)OCCCCCCOc1ccc(COc2ccc(OCc3ccc(OCCCCCCOC(=O)C=C)cc3)c(C)c2)cc1. The summed E-state index contributed by atoms with van der Waals surface area (Å²) in [6, 6.07) is 21.8. The number of hydrogen-bond acceptors (Lipinski definition) is 8. The molecule has 252 valence electrons. The molecule has 0 unspecified atom stereocenters. The van der Waals surface area contributed by atoms with E-state index >= 15 is 0 Å². The molecule has 8 nitrogen and oxygen atoms in total. The van der Waals surface area contributed by atoms with Crippen molar-refractivity contribution in [1.82, 2.24) is 0 Å². The van der Waals surface area contributed by atoms with E-state index in [1.54, 1.807) is 0 Å². The first-order valence-corrected chi connectivity index (χ1v) is 16.3. The van der Waals surface area contributed by atoms with Gasteiger partial charge in [-0.2, -0.15) is 0 Å². The maximum atomic E-state index is 11.0. The third-order valence-corrected chi connectivity index (χ3v) is 7.23. The highest BCUT2D eigenvalue weighted by Gasteiger charge is 2.05. The Labute approximate surface area is 279 Å². The van der Waals surface area contributed by atoms with Gasteiger partial charge in [0.15, 0.2) is 0 Å². The molecule has 0 spiro atoms. The number of aryl methyl sites for hydroxylation is 1. The van der Waals surface area contributed by atoms with Crippen LogP contribution >= 0.6 is 0 Å². The van der Waals surface area contributed by atoms with Crippen LogP contribution in [0.4, 0.5) is 0 Å². The lowest BCUT2D eigenvalue weighted by Gasteiger charge is -2.13. The van der Waals surface area contributed by atoms with Crippen LogP contribution in [0.5, 0.6) is 23.0 Å². The van der Waals surface area contributed by atoms with Crippen molar-refractivity contribution in [3.63, 3.8) is 0 Å². The first-order chi connectivity index (χ1) is 23.0. The fraction of sp³-hybridized carbons (Fsp3) is 0.385. The number of esters is 2. The van der Waals surface area contributed by atoms with Crippen LogP contribution in [0.25, 0.3) is 0 Å². The van der Waals surface area contributed by atoms with E-state index in [9.17, 15) is 9.59 Å². The fourth-order valence-corrected chi connectivity index (χ4v) is 4.52. The smallest absolute Gasteiger partial charge is 0.330 e. The van der Waals surface area contributed by atoms with Crippen molar-refractivity contribution in [2.75, 3.05) is 26.4 Å². The minimum absolute atomic E-state index is 0.370. The molecule has 3 rings (SSSR count). The summed E-state index contributed by atoms with van der Waals surface area (Å²) in [4.78, 5) is 22.0. The molecule has 0 radical (unpaired) electrons. The first kappa shape index (κ1) is 36.7. The molecular weight excluding hydrogens is 596 g/mol. The van der Waals surface area contributed by atoms with E-state index in [1.807, 2.05) is 73.7 Å². The molecule has 8 heteroatoms. The highest BCUT2D eigenvalue weighted by molar-refractivity contribution is 5.81. The average molecular weight is 645 g/mol. The van der Waals surface area contributed by atoms with Crippen molar-refractivity contribution in [3.05, 3.63) is 109 Å². The summed E-state index contributed by atoms with van der Waals surface area (Å²) < 4.78 is 33.7. The van der Waals surface area contributed by atoms with Crippen molar-refractivity contribution in [2.45, 2.75) is 71.5 Å². The minimum Gasteiger partial charge on any atom is -0.494 e. The topological polar surface area (TPSA) is 89.5 Å². The number of ether oxygens (including phenoxy) is 6. The van der Waals surface area contributed by atoms with Crippen LogP contribution in [0.1, 0.15) is 68.1 Å². The van der Waals surface area contributed by atoms with Crippen molar-refractivity contribution >= 4 is 11.9 Å². The molecule has 0 aliphatic heterocycles. The molecule has 0 heterocycles. The Morgan fingerprint density at radius 1 is 0.532 bits per heavy atom. The summed E-state index contributed by atoms with van der Waals surface area (Å²) >= 11 is 0. The second-order valence-corrected chi connectivity index (χ2v) is 11.1. The van der Waals surface area contributed by atoms with Crippen LogP contribution in [-0.4, -0.2) is 38.4 Å². The number of carbonyl (C=O) groups excluding carboxylic acids is 2. The zero-order chi connectivity index (χ0) is 33.5. The van der Waals surface area contributed by atoms with Crippen LogP contribution in [0.2, 0.25) is 0 Å². The largest absolute Gasteiger partial charge is 0.494 e. The maximum Gasteiger partial charge on any atom is 0.330 e. The van der Waals surface area contributed by atoms with Crippen LogP contribution in [0.15, 0.2) is 92.0 Å². The molecule has 0 aromatic heterocycles. The Hall–Kier alpha value is -4.72. The van der Waals surface area contributed by atoms with E-state index in [-0.39, 0.29) is 11.9 Å². The van der Waals surface area contributed by atoms with Gasteiger partial charge < -0.3 is 28.4 Å². The zero-order valence-corrected chi connectivity index (χ0v) is 27.6. The lowest BCUT2D eigenvalue weighted by molar-refractivity contribution is -0.138. The van der Waals surface area contributed by atoms with E-state index < -0.39 is 0 Å². The third kappa shape index (κ3) is 15.4. The van der Waals surface area contributed by atoms with Gasteiger partial charge in [0.2, 0.25) is 0 Å². The second-order valence-electron chi connectivity index (χ2n) is 11.1. The van der Waals surface area contributed by atoms with Gasteiger partial charge in [-0.3, -0.25) is 0 Å². The van der Waals surface area contributed by atoms with Gasteiger partial charge in [-0.25, -0.2) is 9.59 Å². The molecule has 0 bridgehead atoms. The van der Waals surface area contributed by atoms with E-state index in [0.29, 0.717) is 39.6 Å². The van der Waals surface area contributed by atoms with Gasteiger partial charge in [-0.05, 0) is 117 Å². The number of carbonyl (C=O) groups is 2. The Morgan fingerprint density at radius 3 is 1.40 bits per heavy atom. The van der Waals surface area contributed by atoms with Gasteiger partial charge in [-0.1, -0.05) is 37.4 Å². The Kier molecular flexibility index (Phi) is 17.1. The number of unbranched alkanes of at least 4 members (excludes halogenated alkanes) is 6. The van der Waals surface area contributed by atoms with Crippen LogP contribution < -0.4 is 18.9 Å². The Morgan fingerprint density at radius 2 is 0.957 bits per heavy atom. The molecule has 0 N–H and O–H groups in total. The number of rotatable bonds is 24. The van der Waals surface area contributed by atoms with Crippen LogP contribution in [0, 0.1) is 6.92 Å². The summed E-state index contributed by atoms with van der Waals surface area (Å²) in [7, 11) is 0. The molecule has 0 atom stereocenters. The lowest BCUT2D eigenvalue weighted by atomic mass is 10.2. The fourth-order valence-electron chi connectivity index (χ4n) is 4.52. The predicted octanol–water partition coefficient (Wildman–Crippen LogP) is 8.49. The summed E-state index contributed by atoms with van der Waals surface area (Å²) in [5, 5.41) is 0. The molecule has 0 aliphatic carbocycles. The molecule has 0 saturated heterocycles. The van der Waals surface area contributed by atoms with Gasteiger partial charge in [0.05, 0.1) is 26.4 Å². The molecule has 0 saturated carbocycles. The highest BCUT2D eigenvalue weighted by atomic mass is 16.5. The highest BCUT2D eigenvalue weighted by Crippen LogP contribution is 2.26. The van der Waals surface area contributed by atoms with E-state index in [4.69, 9.17) is 28.4 Å². The van der Waals surface area contributed by atoms with Crippen molar-refractivity contribution in [3.8, 4) is 23.0 Å². The number of benzene rings is 3. The predicted molar refractivity (Wildman–Crippen MR) is 183 cm³/mol. The van der Waals surface area contributed by atoms with Crippen molar-refractivity contribution in [1.29, 1.82) is 0 Å². The molecule has 0 amide bonds. The average Bonchev–Trinajstić information content (AvgIpc) is 3.10. The van der Waals surface area contributed by atoms with Crippen molar-refractivity contribution < 1.29 is 38.0 Å². The van der Waals surface area contributed by atoms with Gasteiger partial charge >= 0.3 is 11.9 Å². The Bertz CT molecular complexity index is 1360. The standard InChI is InChI=1S/C39H48O8/c1-4-38(40)44-26-12-8-6-10-24-42-34-18-14-32(15-19-34)29-46-36-22-23-37(31(3)28-36)47-30-33-16-20-35(21-17-33)43-25-11-7-9-13-27-45-39(41)5-2/h4-5,14-23,28H,1-2,6-13,24-27,29-30H2,3H3. The van der Waals surface area contributed by atoms with Gasteiger partial charge in [0, 0.05) is 12.2 Å². The van der Waals surface area contributed by atoms with Gasteiger partial charge in [-0.15, -0.1) is 0 Å². The zero-order valence-electron chi connectivity index (χ0n) is 27.6. The lowest BCUT2D eigenvalue weighted by Crippen LogP contribution is -2.02. The molecule has 3 aromatic carbocycles. The molecular formula is C39H48O8. The minimum atomic E-state index is -0.370. The quantitative estimate of drug-likeness (QED) is 0.0545. The van der Waals surface area contributed by atoms with Crippen LogP contribution in [-0.2, 0) is 32.3 Å². The molecule has 47 heavy (non-hydrogen) atoms. The van der Waals surface area contributed by atoms with E-state index in [0.717, 1.165) is 91.1 Å². The van der Waals surface area contributed by atoms with E-state index in [2.05, 4.69) is 13.2 Å². The Balaban J connectivity index is 1.28. The van der Waals surface area contributed by atoms with Crippen LogP contribution in [0.3, 0.4) is 0 Å². The monoisotopic (exact) mass is 644 g/mol. The summed E-state index contributed by atoms with van der Waals surface area (Å²) in [6.07, 6.45) is 9.97. The summed E-state index contributed by atoms with van der Waals surface area (Å²) in [6.45, 7) is 11.9. The molecule has 0 aliphatic rings. The van der Waals surface area contributed by atoms with E-state index in [1.165, 1.54) is 12.2 Å². The molecule has 0 fully saturated rings. The molecule has 3 aromatic rings. The van der Waals surface area contributed by atoms with Gasteiger partial charge in [0.25, 0.3) is 0 Å². The number of hydrogen-bond donors (Lipinski definition) is 0. The first-order valence-electron chi connectivity index (χ1n) is 16.3. The van der Waals surface area contributed by atoms with Gasteiger partial charge in [0.1, 0.15) is 36.2 Å². The summed E-state index contributed by atoms with van der Waals surface area (Å²) in [5.41, 5.74) is 3.12. The second kappa shape index (κ2) is 21.9. The third-order valence-electron chi connectivity index (χ3n) is 7.23. The normalized spacial score (nSPS) is 10.5. The maximum absolute atomic E-state index is 11.0. The summed E-state index contributed by atoms with van der Waals surface area (Å²) in [5.74, 6) is 2.53.